The second kappa shape index (κ2) is 7.84. The lowest BCUT2D eigenvalue weighted by molar-refractivity contribution is 0.0491. The van der Waals surface area contributed by atoms with E-state index in [2.05, 4.69) is 10.2 Å². The standard InChI is InChI=1S/C20H29ClN2O4S/c1-20(2,3)27-19(24)22-17-9-8-13-10-23(11-14(13)17)12-15-16(21)6-5-7-18(15)28(4,25)26/h5-7,13-14,17H,8-12H2,1-4H3,(H,22,24)/t13-,14+,17-/m1/s1. The van der Waals surface area contributed by atoms with Crippen molar-refractivity contribution in [3.8, 4) is 0 Å². The first kappa shape index (κ1) is 21.4. The smallest absolute Gasteiger partial charge is 0.407 e. The lowest BCUT2D eigenvalue weighted by Crippen LogP contribution is -2.42. The molecule has 0 radical (unpaired) electrons. The first-order valence-electron chi connectivity index (χ1n) is 9.63. The van der Waals surface area contributed by atoms with Crippen molar-refractivity contribution in [2.24, 2.45) is 11.8 Å². The van der Waals surface area contributed by atoms with Crippen LogP contribution in [0, 0.1) is 11.8 Å². The molecule has 0 bridgehead atoms. The predicted octanol–water partition coefficient (Wildman–Crippen LogP) is 3.48. The zero-order valence-electron chi connectivity index (χ0n) is 16.9. The first-order chi connectivity index (χ1) is 12.9. The molecule has 28 heavy (non-hydrogen) atoms. The minimum Gasteiger partial charge on any atom is -0.444 e. The van der Waals surface area contributed by atoms with Gasteiger partial charge in [-0.2, -0.15) is 0 Å². The number of likely N-dealkylation sites (tertiary alicyclic amines) is 1. The third kappa shape index (κ3) is 4.99. The highest BCUT2D eigenvalue weighted by Gasteiger charge is 2.43. The Kier molecular flexibility index (Phi) is 5.99. The number of hydrogen-bond donors (Lipinski definition) is 1. The van der Waals surface area contributed by atoms with Gasteiger partial charge < -0.3 is 10.1 Å². The van der Waals surface area contributed by atoms with E-state index in [4.69, 9.17) is 16.3 Å². The van der Waals surface area contributed by atoms with Crippen LogP contribution in [0.25, 0.3) is 0 Å². The summed E-state index contributed by atoms with van der Waals surface area (Å²) in [7, 11) is -3.34. The Bertz CT molecular complexity index is 850. The quantitative estimate of drug-likeness (QED) is 0.794. The summed E-state index contributed by atoms with van der Waals surface area (Å²) in [4.78, 5) is 14.7. The number of halogens is 1. The van der Waals surface area contributed by atoms with Crippen LogP contribution in [0.5, 0.6) is 0 Å². The van der Waals surface area contributed by atoms with E-state index in [1.807, 2.05) is 20.8 Å². The molecule has 0 unspecified atom stereocenters. The Labute approximate surface area is 172 Å². The SMILES string of the molecule is CC(C)(C)OC(=O)N[C@@H]1CC[C@@H]2CN(Cc3c(Cl)cccc3S(C)(=O)=O)C[C@@H]21. The molecule has 0 spiro atoms. The van der Waals surface area contributed by atoms with Crippen molar-refractivity contribution >= 4 is 27.5 Å². The van der Waals surface area contributed by atoms with Gasteiger partial charge in [-0.15, -0.1) is 0 Å². The first-order valence-corrected chi connectivity index (χ1v) is 11.9. The minimum atomic E-state index is -3.34. The fourth-order valence-corrected chi connectivity index (χ4v) is 5.63. The summed E-state index contributed by atoms with van der Waals surface area (Å²) in [6, 6.07) is 5.10. The van der Waals surface area contributed by atoms with Gasteiger partial charge >= 0.3 is 6.09 Å². The van der Waals surface area contributed by atoms with Crippen molar-refractivity contribution in [1.29, 1.82) is 0 Å². The number of carbonyl (C=O) groups excluding carboxylic acids is 1. The van der Waals surface area contributed by atoms with Crippen LogP contribution < -0.4 is 5.32 Å². The van der Waals surface area contributed by atoms with Crippen molar-refractivity contribution < 1.29 is 17.9 Å². The van der Waals surface area contributed by atoms with E-state index in [1.165, 1.54) is 6.26 Å². The summed E-state index contributed by atoms with van der Waals surface area (Å²) >= 11 is 6.33. The number of fused-ring (bicyclic) bond motifs is 1. The average molecular weight is 429 g/mol. The fourth-order valence-electron chi connectivity index (χ4n) is 4.39. The van der Waals surface area contributed by atoms with E-state index < -0.39 is 15.4 Å². The number of sulfone groups is 1. The number of carbonyl (C=O) groups is 1. The molecule has 1 aliphatic heterocycles. The molecule has 1 heterocycles. The molecule has 6 nitrogen and oxygen atoms in total. The molecule has 2 fully saturated rings. The maximum Gasteiger partial charge on any atom is 0.407 e. The van der Waals surface area contributed by atoms with E-state index in [-0.39, 0.29) is 12.1 Å². The van der Waals surface area contributed by atoms with Crippen LogP contribution in [-0.2, 0) is 21.1 Å². The monoisotopic (exact) mass is 428 g/mol. The van der Waals surface area contributed by atoms with Gasteiger partial charge in [0.15, 0.2) is 9.84 Å². The van der Waals surface area contributed by atoms with Gasteiger partial charge in [-0.05, 0) is 57.6 Å². The average Bonchev–Trinajstić information content (AvgIpc) is 3.08. The molecule has 8 heteroatoms. The van der Waals surface area contributed by atoms with E-state index in [0.717, 1.165) is 25.9 Å². The number of hydrogen-bond acceptors (Lipinski definition) is 5. The van der Waals surface area contributed by atoms with Crippen molar-refractivity contribution in [3.63, 3.8) is 0 Å². The van der Waals surface area contributed by atoms with Gasteiger partial charge in [0.2, 0.25) is 0 Å². The van der Waals surface area contributed by atoms with Crippen molar-refractivity contribution in [1.82, 2.24) is 10.2 Å². The summed E-state index contributed by atoms with van der Waals surface area (Å²) in [5.41, 5.74) is 0.138. The molecular formula is C20H29ClN2O4S. The molecule has 0 aromatic heterocycles. The number of amides is 1. The minimum absolute atomic E-state index is 0.0884. The molecule has 3 atom stereocenters. The van der Waals surface area contributed by atoms with Gasteiger partial charge in [-0.25, -0.2) is 13.2 Å². The number of alkyl carbamates (subject to hydrolysis) is 1. The number of ether oxygens (including phenoxy) is 1. The Hall–Kier alpha value is -1.31. The Morgan fingerprint density at radius 3 is 2.64 bits per heavy atom. The molecule has 1 aliphatic carbocycles. The van der Waals surface area contributed by atoms with Crippen LogP contribution in [0.15, 0.2) is 23.1 Å². The summed E-state index contributed by atoms with van der Waals surface area (Å²) in [6.45, 7) is 7.73. The number of nitrogens with one attached hydrogen (secondary N) is 1. The molecule has 1 aromatic carbocycles. The van der Waals surface area contributed by atoms with E-state index in [9.17, 15) is 13.2 Å². The lowest BCUT2D eigenvalue weighted by Gasteiger charge is -2.25. The molecule has 2 aliphatic rings. The van der Waals surface area contributed by atoms with Crippen LogP contribution >= 0.6 is 11.6 Å². The Balaban J connectivity index is 1.67. The highest BCUT2D eigenvalue weighted by molar-refractivity contribution is 7.90. The largest absolute Gasteiger partial charge is 0.444 e. The van der Waals surface area contributed by atoms with Crippen molar-refractivity contribution in [2.45, 2.75) is 56.7 Å². The normalized spacial score (nSPS) is 25.5. The fraction of sp³-hybridized carbons (Fsp3) is 0.650. The van der Waals surface area contributed by atoms with Gasteiger partial charge in [-0.3, -0.25) is 4.90 Å². The van der Waals surface area contributed by atoms with Crippen LogP contribution in [0.2, 0.25) is 5.02 Å². The molecule has 1 saturated carbocycles. The molecule has 1 saturated heterocycles. The summed E-state index contributed by atoms with van der Waals surface area (Å²) < 4.78 is 29.6. The maximum absolute atomic E-state index is 12.1. The highest BCUT2D eigenvalue weighted by atomic mass is 35.5. The van der Waals surface area contributed by atoms with E-state index in [1.54, 1.807) is 18.2 Å². The van der Waals surface area contributed by atoms with Crippen molar-refractivity contribution in [2.75, 3.05) is 19.3 Å². The number of benzene rings is 1. The molecule has 3 rings (SSSR count). The molecule has 1 aromatic rings. The van der Waals surface area contributed by atoms with Crippen molar-refractivity contribution in [3.05, 3.63) is 28.8 Å². The van der Waals surface area contributed by atoms with Crippen LogP contribution in [0.4, 0.5) is 4.79 Å². The molecule has 156 valence electrons. The second-order valence-electron chi connectivity index (χ2n) is 8.94. The van der Waals surface area contributed by atoms with Crippen LogP contribution in [-0.4, -0.2) is 50.4 Å². The van der Waals surface area contributed by atoms with Crippen LogP contribution in [0.1, 0.15) is 39.2 Å². The van der Waals surface area contributed by atoms with Gasteiger partial charge in [0, 0.05) is 42.5 Å². The summed E-state index contributed by atoms with van der Waals surface area (Å²) in [5.74, 6) is 0.834. The summed E-state index contributed by atoms with van der Waals surface area (Å²) in [6.07, 6.45) is 2.83. The third-order valence-electron chi connectivity index (χ3n) is 5.49. The Morgan fingerprint density at radius 1 is 1.29 bits per heavy atom. The second-order valence-corrected chi connectivity index (χ2v) is 11.3. The summed E-state index contributed by atoms with van der Waals surface area (Å²) in [5, 5.41) is 3.50. The molecular weight excluding hydrogens is 400 g/mol. The third-order valence-corrected chi connectivity index (χ3v) is 7.03. The molecule has 1 amide bonds. The topological polar surface area (TPSA) is 75.7 Å². The number of nitrogens with zero attached hydrogens (tertiary/aromatic N) is 1. The van der Waals surface area contributed by atoms with E-state index >= 15 is 0 Å². The van der Waals surface area contributed by atoms with Gasteiger partial charge in [0.05, 0.1) is 4.90 Å². The van der Waals surface area contributed by atoms with Crippen LogP contribution in [0.3, 0.4) is 0 Å². The number of rotatable bonds is 4. The highest BCUT2D eigenvalue weighted by Crippen LogP contribution is 2.39. The van der Waals surface area contributed by atoms with E-state index in [0.29, 0.717) is 33.9 Å². The zero-order chi connectivity index (χ0) is 20.7. The predicted molar refractivity (Wildman–Crippen MR) is 109 cm³/mol. The van der Waals surface area contributed by atoms with Gasteiger partial charge in [0.25, 0.3) is 0 Å². The Morgan fingerprint density at radius 2 is 2.00 bits per heavy atom. The van der Waals surface area contributed by atoms with Gasteiger partial charge in [-0.1, -0.05) is 17.7 Å². The zero-order valence-corrected chi connectivity index (χ0v) is 18.4. The lowest BCUT2D eigenvalue weighted by atomic mass is 9.98. The van der Waals surface area contributed by atoms with Gasteiger partial charge in [0.1, 0.15) is 5.60 Å². The molecule has 1 N–H and O–H groups in total. The maximum atomic E-state index is 12.1.